The van der Waals surface area contributed by atoms with Crippen LogP contribution in [0.5, 0.6) is 0 Å². The molecule has 2 heterocycles. The van der Waals surface area contributed by atoms with E-state index in [0.29, 0.717) is 11.6 Å². The second-order valence-electron chi connectivity index (χ2n) is 4.96. The van der Waals surface area contributed by atoms with Gasteiger partial charge >= 0.3 is 0 Å². The van der Waals surface area contributed by atoms with Crippen molar-refractivity contribution in [1.82, 2.24) is 19.5 Å². The van der Waals surface area contributed by atoms with Gasteiger partial charge in [-0.15, -0.1) is 0 Å². The molecule has 2 aromatic heterocycles. The molecule has 0 saturated carbocycles. The lowest BCUT2D eigenvalue weighted by Crippen LogP contribution is -2.14. The van der Waals surface area contributed by atoms with Crippen molar-refractivity contribution in [2.24, 2.45) is 0 Å². The fourth-order valence-corrected chi connectivity index (χ4v) is 3.10. The first-order chi connectivity index (χ1) is 11.9. The van der Waals surface area contributed by atoms with Gasteiger partial charge in [0, 0.05) is 30.6 Å². The molecule has 1 N–H and O–H groups in total. The van der Waals surface area contributed by atoms with E-state index in [9.17, 15) is 18.5 Å². The van der Waals surface area contributed by atoms with Crippen LogP contribution in [-0.2, 0) is 10.0 Å². The van der Waals surface area contributed by atoms with E-state index in [1.54, 1.807) is 23.9 Å². The highest BCUT2D eigenvalue weighted by molar-refractivity contribution is 7.92. The van der Waals surface area contributed by atoms with E-state index >= 15 is 0 Å². The molecule has 128 valence electrons. The molecule has 0 unspecified atom stereocenters. The van der Waals surface area contributed by atoms with Gasteiger partial charge in [0.05, 0.1) is 9.82 Å². The van der Waals surface area contributed by atoms with E-state index in [4.69, 9.17) is 0 Å². The summed E-state index contributed by atoms with van der Waals surface area (Å²) in [5, 5.41) is 10.6. The maximum absolute atomic E-state index is 12.4. The molecule has 1 aromatic carbocycles. The van der Waals surface area contributed by atoms with Crippen molar-refractivity contribution in [3.05, 3.63) is 65.0 Å². The van der Waals surface area contributed by atoms with Crippen molar-refractivity contribution in [2.45, 2.75) is 11.8 Å². The topological polar surface area (TPSA) is 133 Å². The highest BCUT2D eigenvalue weighted by Crippen LogP contribution is 2.19. The highest BCUT2D eigenvalue weighted by atomic mass is 32.2. The summed E-state index contributed by atoms with van der Waals surface area (Å²) in [6.07, 6.45) is 4.51. The number of nitrogens with one attached hydrogen (secondary N) is 1. The first-order valence-electron chi connectivity index (χ1n) is 6.96. The molecule has 10 nitrogen and oxygen atoms in total. The van der Waals surface area contributed by atoms with Gasteiger partial charge < -0.3 is 0 Å². The van der Waals surface area contributed by atoms with Gasteiger partial charge in [-0.05, 0) is 19.1 Å². The number of nitrogens with zero attached hydrogens (tertiary/aromatic N) is 5. The number of nitro groups is 1. The van der Waals surface area contributed by atoms with Gasteiger partial charge in [-0.1, -0.05) is 0 Å². The molecular formula is C14H12N6O4S. The lowest BCUT2D eigenvalue weighted by Gasteiger charge is -2.09. The Balaban J connectivity index is 1.88. The monoisotopic (exact) mass is 360 g/mol. The van der Waals surface area contributed by atoms with Crippen molar-refractivity contribution >= 4 is 21.5 Å². The predicted molar refractivity (Wildman–Crippen MR) is 87.8 cm³/mol. The second-order valence-corrected chi connectivity index (χ2v) is 6.64. The Kier molecular flexibility index (Phi) is 4.15. The van der Waals surface area contributed by atoms with E-state index in [1.807, 2.05) is 0 Å². The van der Waals surface area contributed by atoms with E-state index < -0.39 is 14.9 Å². The van der Waals surface area contributed by atoms with Crippen LogP contribution in [0.4, 0.5) is 11.5 Å². The van der Waals surface area contributed by atoms with Crippen LogP contribution < -0.4 is 4.72 Å². The summed E-state index contributed by atoms with van der Waals surface area (Å²) in [6.45, 7) is 1.78. The van der Waals surface area contributed by atoms with E-state index in [1.165, 1.54) is 12.4 Å². The number of hydrogen-bond donors (Lipinski definition) is 1. The Hall–Kier alpha value is -3.34. The molecule has 0 amide bonds. The smallest absolute Gasteiger partial charge is 0.269 e. The van der Waals surface area contributed by atoms with Gasteiger partial charge in [-0.3, -0.25) is 19.4 Å². The standard InChI is InChI=1S/C14H12N6O4S/c1-10-15-6-7-19(10)14-8-13(16-9-17-14)18-25(23,24)12-4-2-11(3-5-12)20(21)22/h2-9H,1H3,(H,16,17,18). The van der Waals surface area contributed by atoms with Gasteiger partial charge in [-0.2, -0.15) is 0 Å². The first kappa shape index (κ1) is 16.5. The lowest BCUT2D eigenvalue weighted by atomic mass is 10.3. The van der Waals surface area contributed by atoms with Crippen LogP contribution in [0.25, 0.3) is 5.82 Å². The summed E-state index contributed by atoms with van der Waals surface area (Å²) in [5.74, 6) is 1.20. The number of imidazole rings is 1. The normalized spacial score (nSPS) is 11.2. The average Bonchev–Trinajstić information content (AvgIpc) is 3.01. The summed E-state index contributed by atoms with van der Waals surface area (Å²) in [6, 6.07) is 6.01. The van der Waals surface area contributed by atoms with E-state index in [-0.39, 0.29) is 16.4 Å². The van der Waals surface area contributed by atoms with Gasteiger partial charge in [0.2, 0.25) is 0 Å². The molecule has 0 aliphatic carbocycles. The summed E-state index contributed by atoms with van der Waals surface area (Å²) in [4.78, 5) is 22.0. The molecule has 0 saturated heterocycles. The highest BCUT2D eigenvalue weighted by Gasteiger charge is 2.17. The maximum atomic E-state index is 12.4. The number of aryl methyl sites for hydroxylation is 1. The number of hydrogen-bond acceptors (Lipinski definition) is 7. The van der Waals surface area contributed by atoms with Gasteiger partial charge in [-0.25, -0.2) is 23.4 Å². The first-order valence-corrected chi connectivity index (χ1v) is 8.45. The number of anilines is 1. The van der Waals surface area contributed by atoms with Crippen LogP contribution in [0.2, 0.25) is 0 Å². The second kappa shape index (κ2) is 6.28. The summed E-state index contributed by atoms with van der Waals surface area (Å²) in [5.41, 5.74) is -0.196. The third-order valence-corrected chi connectivity index (χ3v) is 4.69. The molecule has 11 heteroatoms. The van der Waals surface area contributed by atoms with Gasteiger partial charge in [0.25, 0.3) is 15.7 Å². The summed E-state index contributed by atoms with van der Waals surface area (Å²) < 4.78 is 28.8. The van der Waals surface area contributed by atoms with Crippen molar-refractivity contribution in [2.75, 3.05) is 4.72 Å². The van der Waals surface area contributed by atoms with Crippen LogP contribution in [0.3, 0.4) is 0 Å². The molecule has 0 bridgehead atoms. The van der Waals surface area contributed by atoms with Gasteiger partial charge in [0.15, 0.2) is 0 Å². The molecule has 0 radical (unpaired) electrons. The maximum Gasteiger partial charge on any atom is 0.269 e. The predicted octanol–water partition coefficient (Wildman–Crippen LogP) is 1.68. The Bertz CT molecular complexity index is 1030. The van der Waals surface area contributed by atoms with Crippen LogP contribution in [0.15, 0.2) is 53.9 Å². The molecule has 3 rings (SSSR count). The average molecular weight is 360 g/mol. The molecule has 0 atom stereocenters. The fraction of sp³-hybridized carbons (Fsp3) is 0.0714. The number of nitro benzene ring substituents is 1. The number of benzene rings is 1. The minimum Gasteiger partial charge on any atom is -0.288 e. The molecule has 25 heavy (non-hydrogen) atoms. The van der Waals surface area contributed by atoms with E-state index in [0.717, 1.165) is 24.3 Å². The number of sulfonamides is 1. The van der Waals surface area contributed by atoms with Crippen molar-refractivity contribution < 1.29 is 13.3 Å². The SMILES string of the molecule is Cc1nccn1-c1cc(NS(=O)(=O)c2ccc([N+](=O)[O-])cc2)ncn1. The van der Waals surface area contributed by atoms with Crippen molar-refractivity contribution in [1.29, 1.82) is 0 Å². The zero-order valence-electron chi connectivity index (χ0n) is 12.9. The number of rotatable bonds is 5. The molecule has 0 aliphatic heterocycles. The van der Waals surface area contributed by atoms with Crippen LogP contribution in [-0.4, -0.2) is 32.9 Å². The van der Waals surface area contributed by atoms with Crippen LogP contribution in [0, 0.1) is 17.0 Å². The fourth-order valence-electron chi connectivity index (χ4n) is 2.10. The minimum atomic E-state index is -3.94. The molecule has 0 spiro atoms. The van der Waals surface area contributed by atoms with E-state index in [2.05, 4.69) is 19.7 Å². The molecule has 3 aromatic rings. The van der Waals surface area contributed by atoms with Crippen molar-refractivity contribution in [3.8, 4) is 5.82 Å². The zero-order valence-corrected chi connectivity index (χ0v) is 13.7. The van der Waals surface area contributed by atoms with Crippen LogP contribution >= 0.6 is 0 Å². The zero-order chi connectivity index (χ0) is 18.0. The Morgan fingerprint density at radius 3 is 2.48 bits per heavy atom. The van der Waals surface area contributed by atoms with Gasteiger partial charge in [0.1, 0.15) is 23.8 Å². The summed E-state index contributed by atoms with van der Waals surface area (Å²) >= 11 is 0. The lowest BCUT2D eigenvalue weighted by molar-refractivity contribution is -0.384. The minimum absolute atomic E-state index is 0.0662. The third kappa shape index (κ3) is 3.45. The number of non-ortho nitro benzene ring substituents is 1. The largest absolute Gasteiger partial charge is 0.288 e. The molecule has 0 fully saturated rings. The summed E-state index contributed by atoms with van der Waals surface area (Å²) in [7, 11) is -3.94. The Labute approximate surface area is 142 Å². The Morgan fingerprint density at radius 2 is 1.88 bits per heavy atom. The molecular weight excluding hydrogens is 348 g/mol. The quantitative estimate of drug-likeness (QED) is 0.540. The van der Waals surface area contributed by atoms with Crippen molar-refractivity contribution in [3.63, 3.8) is 0 Å². The third-order valence-electron chi connectivity index (χ3n) is 3.32. The Morgan fingerprint density at radius 1 is 1.16 bits per heavy atom. The molecule has 0 aliphatic rings. The van der Waals surface area contributed by atoms with Crippen LogP contribution in [0.1, 0.15) is 5.82 Å². The number of aromatic nitrogens is 4.